The van der Waals surface area contributed by atoms with Crippen LogP contribution in [-0.4, -0.2) is 9.78 Å². The van der Waals surface area contributed by atoms with Crippen LogP contribution < -0.4 is 0 Å². The first-order chi connectivity index (χ1) is 8.04. The molecule has 2 rings (SSSR count). The molecule has 0 amide bonds. The van der Waals surface area contributed by atoms with Gasteiger partial charge in [-0.1, -0.05) is 6.07 Å². The molecule has 1 aromatic carbocycles. The van der Waals surface area contributed by atoms with Crippen LogP contribution in [0.4, 0.5) is 0 Å². The van der Waals surface area contributed by atoms with Crippen molar-refractivity contribution >= 4 is 27.5 Å². The number of alkyl halides is 1. The number of hydrogen-bond donors (Lipinski definition) is 0. The van der Waals surface area contributed by atoms with Crippen molar-refractivity contribution in [1.29, 1.82) is 0 Å². The van der Waals surface area contributed by atoms with Gasteiger partial charge < -0.3 is 0 Å². The predicted octanol–water partition coefficient (Wildman–Crippen LogP) is 4.30. The summed E-state index contributed by atoms with van der Waals surface area (Å²) in [6.07, 6.45) is 0. The largest absolute Gasteiger partial charge is 0.236 e. The average Bonchev–Trinajstić information content (AvgIpc) is 2.57. The number of halogens is 2. The van der Waals surface area contributed by atoms with E-state index in [1.54, 1.807) is 0 Å². The third kappa shape index (κ3) is 2.26. The van der Waals surface area contributed by atoms with E-state index in [1.807, 2.05) is 29.8 Å². The summed E-state index contributed by atoms with van der Waals surface area (Å²) in [6.45, 7) is 6.20. The van der Waals surface area contributed by atoms with Gasteiger partial charge in [-0.05, 0) is 60.0 Å². The molecule has 0 saturated heterocycles. The Hall–Kier alpha value is -0.800. The minimum Gasteiger partial charge on any atom is -0.236 e. The summed E-state index contributed by atoms with van der Waals surface area (Å²) in [5.41, 5.74) is 5.61. The highest BCUT2D eigenvalue weighted by molar-refractivity contribution is 9.10. The standard InChI is InChI=1S/C13H14BrClN2/c1-8-9(2)16-17(10(8)3)13-5-4-11(7-15)6-12(13)14/h4-6H,7H2,1-3H3. The molecule has 0 aliphatic heterocycles. The maximum absolute atomic E-state index is 5.81. The Labute approximate surface area is 115 Å². The van der Waals surface area contributed by atoms with Crippen molar-refractivity contribution in [3.8, 4) is 5.69 Å². The fraction of sp³-hybridized carbons (Fsp3) is 0.308. The van der Waals surface area contributed by atoms with E-state index in [-0.39, 0.29) is 0 Å². The number of hydrogen-bond acceptors (Lipinski definition) is 1. The van der Waals surface area contributed by atoms with Gasteiger partial charge in [0, 0.05) is 16.0 Å². The molecule has 1 aromatic heterocycles. The van der Waals surface area contributed by atoms with E-state index in [0.29, 0.717) is 5.88 Å². The van der Waals surface area contributed by atoms with Gasteiger partial charge in [0.05, 0.1) is 11.4 Å². The molecule has 0 spiro atoms. The summed E-state index contributed by atoms with van der Waals surface area (Å²) in [7, 11) is 0. The lowest BCUT2D eigenvalue weighted by Gasteiger charge is -2.08. The van der Waals surface area contributed by atoms with Crippen LogP contribution in [-0.2, 0) is 5.88 Å². The molecule has 0 bridgehead atoms. The van der Waals surface area contributed by atoms with Crippen molar-refractivity contribution in [2.75, 3.05) is 0 Å². The highest BCUT2D eigenvalue weighted by Gasteiger charge is 2.11. The van der Waals surface area contributed by atoms with Crippen LogP contribution in [0.5, 0.6) is 0 Å². The van der Waals surface area contributed by atoms with Crippen LogP contribution >= 0.6 is 27.5 Å². The maximum atomic E-state index is 5.81. The van der Waals surface area contributed by atoms with E-state index < -0.39 is 0 Å². The van der Waals surface area contributed by atoms with E-state index in [9.17, 15) is 0 Å². The molecule has 90 valence electrons. The molecule has 0 aliphatic carbocycles. The van der Waals surface area contributed by atoms with Gasteiger partial charge in [0.15, 0.2) is 0 Å². The van der Waals surface area contributed by atoms with E-state index >= 15 is 0 Å². The van der Waals surface area contributed by atoms with Gasteiger partial charge in [-0.15, -0.1) is 11.6 Å². The third-order valence-electron chi connectivity index (χ3n) is 3.05. The summed E-state index contributed by atoms with van der Waals surface area (Å²) >= 11 is 9.39. The van der Waals surface area contributed by atoms with Gasteiger partial charge in [-0.2, -0.15) is 5.10 Å². The van der Waals surface area contributed by atoms with E-state index in [4.69, 9.17) is 11.6 Å². The zero-order chi connectivity index (χ0) is 12.6. The SMILES string of the molecule is Cc1nn(-c2ccc(CCl)cc2Br)c(C)c1C. The average molecular weight is 314 g/mol. The molecule has 0 atom stereocenters. The normalized spacial score (nSPS) is 10.9. The second-order valence-corrected chi connectivity index (χ2v) is 5.25. The predicted molar refractivity (Wildman–Crippen MR) is 75.0 cm³/mol. The first-order valence-electron chi connectivity index (χ1n) is 5.42. The monoisotopic (exact) mass is 312 g/mol. The first-order valence-corrected chi connectivity index (χ1v) is 6.75. The lowest BCUT2D eigenvalue weighted by Crippen LogP contribution is -2.00. The van der Waals surface area contributed by atoms with Crippen LogP contribution in [0.15, 0.2) is 22.7 Å². The molecule has 4 heteroatoms. The third-order valence-corrected chi connectivity index (χ3v) is 3.99. The van der Waals surface area contributed by atoms with Crippen molar-refractivity contribution in [2.45, 2.75) is 26.7 Å². The van der Waals surface area contributed by atoms with Crippen LogP contribution in [0.25, 0.3) is 5.69 Å². The fourth-order valence-corrected chi connectivity index (χ4v) is 2.52. The van der Waals surface area contributed by atoms with E-state index in [0.717, 1.165) is 21.4 Å². The highest BCUT2D eigenvalue weighted by Crippen LogP contribution is 2.25. The quantitative estimate of drug-likeness (QED) is 0.756. The molecule has 1 heterocycles. The van der Waals surface area contributed by atoms with Crippen molar-refractivity contribution in [1.82, 2.24) is 9.78 Å². The number of aryl methyl sites for hydroxylation is 1. The summed E-state index contributed by atoms with van der Waals surface area (Å²) in [6, 6.07) is 6.10. The van der Waals surface area contributed by atoms with Crippen LogP contribution in [0.1, 0.15) is 22.5 Å². The molecule has 0 aliphatic rings. The molecule has 0 fully saturated rings. The van der Waals surface area contributed by atoms with Gasteiger partial charge in [0.1, 0.15) is 0 Å². The van der Waals surface area contributed by atoms with Gasteiger partial charge in [-0.25, -0.2) is 4.68 Å². The van der Waals surface area contributed by atoms with Gasteiger partial charge >= 0.3 is 0 Å². The smallest absolute Gasteiger partial charge is 0.0791 e. The van der Waals surface area contributed by atoms with Crippen molar-refractivity contribution in [2.24, 2.45) is 0 Å². The highest BCUT2D eigenvalue weighted by atomic mass is 79.9. The number of benzene rings is 1. The van der Waals surface area contributed by atoms with Gasteiger partial charge in [0.25, 0.3) is 0 Å². The Bertz CT molecular complexity index is 561. The molecule has 0 radical (unpaired) electrons. The summed E-state index contributed by atoms with van der Waals surface area (Å²) in [5, 5.41) is 4.55. The zero-order valence-electron chi connectivity index (χ0n) is 10.1. The van der Waals surface area contributed by atoms with Crippen molar-refractivity contribution in [3.05, 3.63) is 45.2 Å². The minimum absolute atomic E-state index is 0.523. The Morgan fingerprint density at radius 2 is 2.00 bits per heavy atom. The Kier molecular flexibility index (Phi) is 3.59. The molecule has 0 saturated carbocycles. The topological polar surface area (TPSA) is 17.8 Å². The Balaban J connectivity index is 2.57. The fourth-order valence-electron chi connectivity index (χ4n) is 1.76. The zero-order valence-corrected chi connectivity index (χ0v) is 12.4. The minimum atomic E-state index is 0.523. The second-order valence-electron chi connectivity index (χ2n) is 4.13. The summed E-state index contributed by atoms with van der Waals surface area (Å²) in [4.78, 5) is 0. The second kappa shape index (κ2) is 4.83. The number of rotatable bonds is 2. The van der Waals surface area contributed by atoms with Crippen LogP contribution in [0.3, 0.4) is 0 Å². The van der Waals surface area contributed by atoms with Crippen LogP contribution in [0.2, 0.25) is 0 Å². The molecule has 2 nitrogen and oxygen atoms in total. The van der Waals surface area contributed by atoms with Crippen molar-refractivity contribution < 1.29 is 0 Å². The molecular formula is C13H14BrClN2. The number of aromatic nitrogens is 2. The first kappa shape index (κ1) is 12.7. The number of nitrogens with zero attached hydrogens (tertiary/aromatic N) is 2. The summed E-state index contributed by atoms with van der Waals surface area (Å²) in [5.74, 6) is 0.523. The molecule has 2 aromatic rings. The Morgan fingerprint density at radius 3 is 2.47 bits per heavy atom. The van der Waals surface area contributed by atoms with Crippen molar-refractivity contribution in [3.63, 3.8) is 0 Å². The van der Waals surface area contributed by atoms with Gasteiger partial charge in [0.2, 0.25) is 0 Å². The van der Waals surface area contributed by atoms with E-state index in [2.05, 4.69) is 34.9 Å². The molecule has 0 unspecified atom stereocenters. The van der Waals surface area contributed by atoms with Crippen LogP contribution in [0, 0.1) is 20.8 Å². The summed E-state index contributed by atoms with van der Waals surface area (Å²) < 4.78 is 2.98. The molecular weight excluding hydrogens is 300 g/mol. The maximum Gasteiger partial charge on any atom is 0.0791 e. The molecule has 17 heavy (non-hydrogen) atoms. The van der Waals surface area contributed by atoms with Gasteiger partial charge in [-0.3, -0.25) is 0 Å². The molecule has 0 N–H and O–H groups in total. The lowest BCUT2D eigenvalue weighted by atomic mass is 10.2. The Morgan fingerprint density at radius 1 is 1.29 bits per heavy atom. The van der Waals surface area contributed by atoms with E-state index in [1.165, 1.54) is 11.3 Å². The lowest BCUT2D eigenvalue weighted by molar-refractivity contribution is 0.829.